The Bertz CT molecular complexity index is 421. The highest BCUT2D eigenvalue weighted by Gasteiger charge is 2.23. The molecule has 1 atom stereocenters. The van der Waals surface area contributed by atoms with Gasteiger partial charge in [0.2, 0.25) is 5.91 Å². The summed E-state index contributed by atoms with van der Waals surface area (Å²) < 4.78 is 1.77. The fourth-order valence-electron chi connectivity index (χ4n) is 1.80. The van der Waals surface area contributed by atoms with Crippen LogP contribution in [0.5, 0.6) is 0 Å². The van der Waals surface area contributed by atoms with Crippen molar-refractivity contribution in [1.82, 2.24) is 20.0 Å². The summed E-state index contributed by atoms with van der Waals surface area (Å²) >= 11 is 1.26. The highest BCUT2D eigenvalue weighted by atomic mass is 32.2. The topological polar surface area (TPSA) is 67.2 Å². The van der Waals surface area contributed by atoms with Crippen LogP contribution in [0.1, 0.15) is 6.92 Å². The Morgan fingerprint density at radius 3 is 3.11 bits per heavy atom. The third kappa shape index (κ3) is 3.49. The number of nitrogens with one attached hydrogen (secondary N) is 1. The van der Waals surface area contributed by atoms with E-state index in [2.05, 4.69) is 10.4 Å². The Labute approximate surface area is 110 Å². The number of thioether (sulfide) groups is 1. The minimum atomic E-state index is -0.120. The molecule has 0 radical (unpaired) electrons. The van der Waals surface area contributed by atoms with Gasteiger partial charge >= 0.3 is 0 Å². The molecule has 98 valence electrons. The van der Waals surface area contributed by atoms with Crippen LogP contribution in [0.3, 0.4) is 0 Å². The summed E-state index contributed by atoms with van der Waals surface area (Å²) in [5.74, 6) is 0.653. The van der Waals surface area contributed by atoms with Crippen LogP contribution in [0.15, 0.2) is 18.5 Å². The standard InChI is InChI=1S/C11H16N4O2S/c1-9(7-15-4-2-3-12-15)13-10(16)8-14-5-6-18-11(14)17/h2-4,9H,5-8H2,1H3,(H,13,16). The van der Waals surface area contributed by atoms with Gasteiger partial charge in [0, 0.05) is 30.7 Å². The molecule has 0 aromatic carbocycles. The maximum atomic E-state index is 11.7. The Balaban J connectivity index is 1.75. The number of carbonyl (C=O) groups excluding carboxylic acids is 2. The second kappa shape index (κ2) is 5.90. The molecular weight excluding hydrogens is 252 g/mol. The van der Waals surface area contributed by atoms with E-state index in [0.29, 0.717) is 13.1 Å². The van der Waals surface area contributed by atoms with Crippen LogP contribution in [0.4, 0.5) is 4.79 Å². The zero-order valence-corrected chi connectivity index (χ0v) is 11.0. The van der Waals surface area contributed by atoms with Crippen molar-refractivity contribution in [1.29, 1.82) is 0 Å². The van der Waals surface area contributed by atoms with E-state index < -0.39 is 0 Å². The van der Waals surface area contributed by atoms with Gasteiger partial charge in [0.25, 0.3) is 5.24 Å². The van der Waals surface area contributed by atoms with Crippen molar-refractivity contribution >= 4 is 22.9 Å². The van der Waals surface area contributed by atoms with Gasteiger partial charge in [-0.25, -0.2) is 0 Å². The highest BCUT2D eigenvalue weighted by molar-refractivity contribution is 8.13. The molecule has 1 aromatic heterocycles. The summed E-state index contributed by atoms with van der Waals surface area (Å²) in [5.41, 5.74) is 0. The van der Waals surface area contributed by atoms with E-state index in [1.165, 1.54) is 11.8 Å². The zero-order valence-electron chi connectivity index (χ0n) is 10.2. The first kappa shape index (κ1) is 12.9. The lowest BCUT2D eigenvalue weighted by Gasteiger charge is -2.17. The summed E-state index contributed by atoms with van der Waals surface area (Å²) in [6.07, 6.45) is 3.55. The van der Waals surface area contributed by atoms with Crippen LogP contribution < -0.4 is 5.32 Å². The van der Waals surface area contributed by atoms with Crippen LogP contribution in [0.25, 0.3) is 0 Å². The second-order valence-corrected chi connectivity index (χ2v) is 5.28. The quantitative estimate of drug-likeness (QED) is 0.847. The minimum Gasteiger partial charge on any atom is -0.350 e. The largest absolute Gasteiger partial charge is 0.350 e. The molecule has 0 aliphatic carbocycles. The summed E-state index contributed by atoms with van der Waals surface area (Å²) in [5, 5.41) is 6.93. The number of hydrogen-bond acceptors (Lipinski definition) is 4. The molecule has 1 N–H and O–H groups in total. The molecule has 2 amide bonds. The normalized spacial score (nSPS) is 16.9. The number of rotatable bonds is 5. The molecule has 6 nitrogen and oxygen atoms in total. The van der Waals surface area contributed by atoms with Crippen molar-refractivity contribution < 1.29 is 9.59 Å². The maximum Gasteiger partial charge on any atom is 0.282 e. The first-order valence-electron chi connectivity index (χ1n) is 5.83. The molecule has 1 unspecified atom stereocenters. The average molecular weight is 268 g/mol. The van der Waals surface area contributed by atoms with Crippen molar-refractivity contribution in [3.8, 4) is 0 Å². The minimum absolute atomic E-state index is 0.00937. The fourth-order valence-corrected chi connectivity index (χ4v) is 2.62. The van der Waals surface area contributed by atoms with Crippen molar-refractivity contribution in [2.45, 2.75) is 19.5 Å². The van der Waals surface area contributed by atoms with Crippen LogP contribution in [-0.2, 0) is 11.3 Å². The number of hydrogen-bond donors (Lipinski definition) is 1. The molecule has 2 heterocycles. The predicted molar refractivity (Wildman–Crippen MR) is 69.3 cm³/mol. The summed E-state index contributed by atoms with van der Waals surface area (Å²) in [4.78, 5) is 24.7. The average Bonchev–Trinajstić information content (AvgIpc) is 2.91. The Morgan fingerprint density at radius 2 is 2.50 bits per heavy atom. The molecule has 2 rings (SSSR count). The van der Waals surface area contributed by atoms with Gasteiger partial charge in [-0.2, -0.15) is 5.10 Å². The Kier molecular flexibility index (Phi) is 4.24. The van der Waals surface area contributed by atoms with Crippen LogP contribution in [0.2, 0.25) is 0 Å². The van der Waals surface area contributed by atoms with Crippen LogP contribution in [0, 0.1) is 0 Å². The van der Waals surface area contributed by atoms with E-state index in [4.69, 9.17) is 0 Å². The summed E-state index contributed by atoms with van der Waals surface area (Å²) in [6.45, 7) is 3.35. The molecule has 7 heteroatoms. The Hall–Kier alpha value is -1.50. The molecule has 1 saturated heterocycles. The Morgan fingerprint density at radius 1 is 1.67 bits per heavy atom. The first-order valence-corrected chi connectivity index (χ1v) is 6.82. The lowest BCUT2D eigenvalue weighted by molar-refractivity contribution is -0.122. The maximum absolute atomic E-state index is 11.7. The SMILES string of the molecule is CC(Cn1cccn1)NC(=O)CN1CCSC1=O. The monoisotopic (exact) mass is 268 g/mol. The zero-order chi connectivity index (χ0) is 13.0. The molecule has 1 fully saturated rings. The number of aromatic nitrogens is 2. The lowest BCUT2D eigenvalue weighted by Crippen LogP contribution is -2.42. The van der Waals surface area contributed by atoms with E-state index in [1.54, 1.807) is 15.8 Å². The number of nitrogens with zero attached hydrogens (tertiary/aromatic N) is 3. The van der Waals surface area contributed by atoms with E-state index in [1.807, 2.05) is 19.2 Å². The van der Waals surface area contributed by atoms with Gasteiger partial charge in [-0.1, -0.05) is 11.8 Å². The molecule has 0 saturated carbocycles. The van der Waals surface area contributed by atoms with E-state index >= 15 is 0 Å². The van der Waals surface area contributed by atoms with Gasteiger partial charge in [-0.15, -0.1) is 0 Å². The van der Waals surface area contributed by atoms with Crippen molar-refractivity contribution in [3.63, 3.8) is 0 Å². The molecule has 18 heavy (non-hydrogen) atoms. The fraction of sp³-hybridized carbons (Fsp3) is 0.545. The van der Waals surface area contributed by atoms with Gasteiger partial charge in [-0.05, 0) is 13.0 Å². The van der Waals surface area contributed by atoms with E-state index in [-0.39, 0.29) is 23.7 Å². The highest BCUT2D eigenvalue weighted by Crippen LogP contribution is 2.16. The molecular formula is C11H16N4O2S. The van der Waals surface area contributed by atoms with Crippen molar-refractivity contribution in [2.75, 3.05) is 18.8 Å². The van der Waals surface area contributed by atoms with Gasteiger partial charge in [-0.3, -0.25) is 14.3 Å². The molecule has 1 aromatic rings. The first-order chi connectivity index (χ1) is 8.65. The smallest absolute Gasteiger partial charge is 0.282 e. The van der Waals surface area contributed by atoms with Crippen LogP contribution >= 0.6 is 11.8 Å². The molecule has 1 aliphatic heterocycles. The van der Waals surface area contributed by atoms with E-state index in [0.717, 1.165) is 5.75 Å². The van der Waals surface area contributed by atoms with Gasteiger partial charge in [0.05, 0.1) is 6.54 Å². The third-order valence-electron chi connectivity index (χ3n) is 2.61. The number of amides is 2. The predicted octanol–water partition coefficient (Wildman–Crippen LogP) is 0.557. The molecule has 0 bridgehead atoms. The van der Waals surface area contributed by atoms with Gasteiger partial charge < -0.3 is 10.2 Å². The van der Waals surface area contributed by atoms with Crippen molar-refractivity contribution in [3.05, 3.63) is 18.5 Å². The summed E-state index contributed by atoms with van der Waals surface area (Å²) in [7, 11) is 0. The third-order valence-corrected chi connectivity index (χ3v) is 3.50. The van der Waals surface area contributed by atoms with Crippen molar-refractivity contribution in [2.24, 2.45) is 0 Å². The summed E-state index contributed by atoms with van der Waals surface area (Å²) in [6, 6.07) is 1.83. The van der Waals surface area contributed by atoms with Gasteiger partial charge in [0.15, 0.2) is 0 Å². The van der Waals surface area contributed by atoms with Crippen LogP contribution in [-0.4, -0.2) is 50.7 Å². The molecule has 1 aliphatic rings. The second-order valence-electron chi connectivity index (χ2n) is 4.23. The number of carbonyl (C=O) groups is 2. The molecule has 0 spiro atoms. The van der Waals surface area contributed by atoms with E-state index in [9.17, 15) is 9.59 Å². The lowest BCUT2D eigenvalue weighted by atomic mass is 10.3. The van der Waals surface area contributed by atoms with Gasteiger partial charge in [0.1, 0.15) is 6.54 Å².